The van der Waals surface area contributed by atoms with E-state index in [2.05, 4.69) is 57.3 Å². The van der Waals surface area contributed by atoms with Crippen LogP contribution in [0.25, 0.3) is 11.0 Å². The molecule has 2 aromatic heterocycles. The van der Waals surface area contributed by atoms with Gasteiger partial charge in [0.05, 0.1) is 11.6 Å². The van der Waals surface area contributed by atoms with Crippen LogP contribution in [0.3, 0.4) is 0 Å². The molecule has 5 nitrogen and oxygen atoms in total. The molecule has 0 amide bonds. The van der Waals surface area contributed by atoms with E-state index in [-0.39, 0.29) is 0 Å². The summed E-state index contributed by atoms with van der Waals surface area (Å²) in [5, 5.41) is 5.30. The third-order valence-electron chi connectivity index (χ3n) is 3.85. The topological polar surface area (TPSA) is 46.8 Å². The minimum atomic E-state index is 0.779. The number of rotatable bonds is 5. The third kappa shape index (κ3) is 2.93. The van der Waals surface area contributed by atoms with Gasteiger partial charge in [-0.05, 0) is 25.3 Å². The Hall–Kier alpha value is -2.43. The molecule has 0 fully saturated rings. The quantitative estimate of drug-likeness (QED) is 0.726. The predicted molar refractivity (Wildman–Crippen MR) is 89.1 cm³/mol. The largest absolute Gasteiger partial charge is 0.359 e. The molecule has 0 atom stereocenters. The highest BCUT2D eigenvalue weighted by Crippen LogP contribution is 2.22. The summed E-state index contributed by atoms with van der Waals surface area (Å²) in [7, 11) is 3.99. The van der Waals surface area contributed by atoms with Crippen LogP contribution in [-0.4, -0.2) is 33.3 Å². The van der Waals surface area contributed by atoms with E-state index < -0.39 is 0 Å². The van der Waals surface area contributed by atoms with E-state index in [9.17, 15) is 0 Å². The van der Waals surface area contributed by atoms with E-state index in [0.717, 1.165) is 42.1 Å². The maximum absolute atomic E-state index is 4.60. The van der Waals surface area contributed by atoms with E-state index in [1.807, 2.05) is 20.2 Å². The van der Waals surface area contributed by atoms with Gasteiger partial charge in [0, 0.05) is 20.6 Å². The summed E-state index contributed by atoms with van der Waals surface area (Å²) in [6.07, 6.45) is 4.01. The van der Waals surface area contributed by atoms with Gasteiger partial charge in [-0.1, -0.05) is 30.3 Å². The second-order valence-corrected chi connectivity index (χ2v) is 5.61. The first kappa shape index (κ1) is 14.5. The van der Waals surface area contributed by atoms with Crippen LogP contribution in [0.4, 0.5) is 5.82 Å². The van der Waals surface area contributed by atoms with E-state index in [4.69, 9.17) is 0 Å². The Morgan fingerprint density at radius 1 is 1.14 bits per heavy atom. The number of nitrogens with zero attached hydrogens (tertiary/aromatic N) is 5. The van der Waals surface area contributed by atoms with E-state index >= 15 is 0 Å². The van der Waals surface area contributed by atoms with E-state index in [1.165, 1.54) is 5.56 Å². The molecule has 1 aromatic carbocycles. The lowest BCUT2D eigenvalue weighted by Gasteiger charge is -2.19. The van der Waals surface area contributed by atoms with Gasteiger partial charge < -0.3 is 4.90 Å². The van der Waals surface area contributed by atoms with Crippen LogP contribution in [0.1, 0.15) is 17.8 Å². The van der Waals surface area contributed by atoms with Crippen LogP contribution < -0.4 is 4.90 Å². The molecule has 114 valence electrons. The highest BCUT2D eigenvalue weighted by Gasteiger charge is 2.13. The van der Waals surface area contributed by atoms with Gasteiger partial charge in [-0.15, -0.1) is 0 Å². The van der Waals surface area contributed by atoms with Crippen LogP contribution in [0.15, 0.2) is 36.5 Å². The summed E-state index contributed by atoms with van der Waals surface area (Å²) in [5.74, 6) is 1.74. The molecular formula is C17H21N5. The molecule has 0 spiro atoms. The maximum atomic E-state index is 4.60. The van der Waals surface area contributed by atoms with Gasteiger partial charge in [0.25, 0.3) is 0 Å². The van der Waals surface area contributed by atoms with Crippen molar-refractivity contribution in [2.45, 2.75) is 19.8 Å². The van der Waals surface area contributed by atoms with Crippen LogP contribution in [0, 0.1) is 6.92 Å². The summed E-state index contributed by atoms with van der Waals surface area (Å²) < 4.78 is 1.80. The zero-order chi connectivity index (χ0) is 15.5. The number of aromatic nitrogens is 4. The Bertz CT molecular complexity index is 763. The summed E-state index contributed by atoms with van der Waals surface area (Å²) in [5.41, 5.74) is 2.26. The molecule has 0 aliphatic rings. The lowest BCUT2D eigenvalue weighted by atomic mass is 10.1. The summed E-state index contributed by atoms with van der Waals surface area (Å²) in [6.45, 7) is 2.88. The van der Waals surface area contributed by atoms with Crippen molar-refractivity contribution >= 4 is 16.9 Å². The molecule has 0 aliphatic heterocycles. The monoisotopic (exact) mass is 295 g/mol. The lowest BCUT2D eigenvalue weighted by molar-refractivity contribution is 0.772. The van der Waals surface area contributed by atoms with Gasteiger partial charge in [0.1, 0.15) is 11.6 Å². The first-order valence-corrected chi connectivity index (χ1v) is 7.56. The van der Waals surface area contributed by atoms with Crippen LogP contribution in [-0.2, 0) is 13.5 Å². The molecule has 0 saturated carbocycles. The number of benzene rings is 1. The van der Waals surface area contributed by atoms with Gasteiger partial charge in [0.15, 0.2) is 5.65 Å². The fourth-order valence-electron chi connectivity index (χ4n) is 2.68. The van der Waals surface area contributed by atoms with E-state index in [1.54, 1.807) is 4.68 Å². The van der Waals surface area contributed by atoms with Gasteiger partial charge in [-0.2, -0.15) is 5.10 Å². The molecule has 0 unspecified atom stereocenters. The number of hydrogen-bond acceptors (Lipinski definition) is 4. The van der Waals surface area contributed by atoms with Crippen LogP contribution in [0.5, 0.6) is 0 Å². The average molecular weight is 295 g/mol. The van der Waals surface area contributed by atoms with Gasteiger partial charge in [0.2, 0.25) is 0 Å². The molecule has 0 aliphatic carbocycles. The normalized spacial score (nSPS) is 11.0. The van der Waals surface area contributed by atoms with Crippen LogP contribution >= 0.6 is 0 Å². The predicted octanol–water partition coefficient (Wildman–Crippen LogP) is 2.74. The first-order valence-electron chi connectivity index (χ1n) is 7.56. The standard InChI is InChI=1S/C17H21N5/c1-13-19-16(15-12-18-22(3)17(15)20-13)21(2)11-7-10-14-8-5-4-6-9-14/h4-6,8-9,12H,7,10-11H2,1-3H3. The zero-order valence-electron chi connectivity index (χ0n) is 13.3. The van der Waals surface area contributed by atoms with Crippen molar-refractivity contribution in [3.63, 3.8) is 0 Å². The number of anilines is 1. The molecule has 3 aromatic rings. The minimum Gasteiger partial charge on any atom is -0.359 e. The molecular weight excluding hydrogens is 274 g/mol. The number of aryl methyl sites for hydroxylation is 3. The number of fused-ring (bicyclic) bond motifs is 1. The number of hydrogen-bond donors (Lipinski definition) is 0. The molecule has 0 saturated heterocycles. The fraction of sp³-hybridized carbons (Fsp3) is 0.353. The van der Waals surface area contributed by atoms with Crippen molar-refractivity contribution in [2.24, 2.45) is 7.05 Å². The summed E-state index contributed by atoms with van der Waals surface area (Å²) >= 11 is 0. The molecule has 2 heterocycles. The Morgan fingerprint density at radius 3 is 2.68 bits per heavy atom. The van der Waals surface area contributed by atoms with Crippen molar-refractivity contribution in [3.8, 4) is 0 Å². The molecule has 22 heavy (non-hydrogen) atoms. The van der Waals surface area contributed by atoms with Crippen molar-refractivity contribution < 1.29 is 0 Å². The lowest BCUT2D eigenvalue weighted by Crippen LogP contribution is -2.21. The highest BCUT2D eigenvalue weighted by atomic mass is 15.3. The second-order valence-electron chi connectivity index (χ2n) is 5.61. The van der Waals surface area contributed by atoms with Crippen molar-refractivity contribution in [2.75, 3.05) is 18.5 Å². The van der Waals surface area contributed by atoms with Gasteiger partial charge in [-0.25, -0.2) is 9.97 Å². The average Bonchev–Trinajstić information content (AvgIpc) is 2.89. The summed E-state index contributed by atoms with van der Waals surface area (Å²) in [6, 6.07) is 10.6. The van der Waals surface area contributed by atoms with Crippen molar-refractivity contribution in [1.82, 2.24) is 19.7 Å². The molecule has 3 rings (SSSR count). The molecule has 0 radical (unpaired) electrons. The van der Waals surface area contributed by atoms with Gasteiger partial charge in [-0.3, -0.25) is 4.68 Å². The fourth-order valence-corrected chi connectivity index (χ4v) is 2.68. The Morgan fingerprint density at radius 2 is 1.91 bits per heavy atom. The smallest absolute Gasteiger partial charge is 0.163 e. The molecule has 5 heteroatoms. The van der Waals surface area contributed by atoms with Crippen LogP contribution in [0.2, 0.25) is 0 Å². The second kappa shape index (κ2) is 6.13. The summed E-state index contributed by atoms with van der Waals surface area (Å²) in [4.78, 5) is 11.3. The highest BCUT2D eigenvalue weighted by molar-refractivity contribution is 5.86. The maximum Gasteiger partial charge on any atom is 0.163 e. The first-order chi connectivity index (χ1) is 10.6. The Labute approximate surface area is 130 Å². The third-order valence-corrected chi connectivity index (χ3v) is 3.85. The minimum absolute atomic E-state index is 0.779. The molecule has 0 N–H and O–H groups in total. The Kier molecular flexibility index (Phi) is 4.04. The van der Waals surface area contributed by atoms with Crippen molar-refractivity contribution in [3.05, 3.63) is 47.9 Å². The van der Waals surface area contributed by atoms with E-state index in [0.29, 0.717) is 0 Å². The SMILES string of the molecule is Cc1nc(N(C)CCCc2ccccc2)c2cnn(C)c2n1. The Balaban J connectivity index is 1.73. The zero-order valence-corrected chi connectivity index (χ0v) is 13.3. The van der Waals surface area contributed by atoms with Gasteiger partial charge >= 0.3 is 0 Å². The van der Waals surface area contributed by atoms with Crippen molar-refractivity contribution in [1.29, 1.82) is 0 Å². The molecule has 0 bridgehead atoms.